The third-order valence-electron chi connectivity index (χ3n) is 4.33. The van der Waals surface area contributed by atoms with Gasteiger partial charge in [-0.05, 0) is 24.1 Å². The minimum absolute atomic E-state index is 0.379. The molecule has 1 unspecified atom stereocenters. The Hall–Kier alpha value is -2.13. The topological polar surface area (TPSA) is 43.8 Å². The van der Waals surface area contributed by atoms with E-state index in [-0.39, 0.29) is 5.54 Å². The molecular weight excluding hydrogens is 258 g/mol. The van der Waals surface area contributed by atoms with Crippen LogP contribution in [0.5, 0.6) is 0 Å². The molecule has 3 rings (SSSR count). The van der Waals surface area contributed by atoms with Gasteiger partial charge in [-0.15, -0.1) is 0 Å². The van der Waals surface area contributed by atoms with Crippen LogP contribution in [0.3, 0.4) is 0 Å². The van der Waals surface area contributed by atoms with Crippen molar-refractivity contribution in [3.05, 3.63) is 66.0 Å². The standard InChI is InChI=1S/C18H21N3/c1-3-18(19,14-9-5-4-6-10-14)13-17-20-15-11-7-8-12-16(15)21(17)2/h4-12H,3,13,19H2,1-2H3. The number of benzene rings is 2. The van der Waals surface area contributed by atoms with E-state index in [1.807, 2.05) is 36.4 Å². The van der Waals surface area contributed by atoms with E-state index in [2.05, 4.69) is 36.7 Å². The Labute approximate surface area is 125 Å². The molecule has 0 saturated carbocycles. The van der Waals surface area contributed by atoms with E-state index in [1.165, 1.54) is 5.56 Å². The Morgan fingerprint density at radius 3 is 2.38 bits per heavy atom. The minimum atomic E-state index is -0.379. The second kappa shape index (κ2) is 5.34. The molecule has 0 aliphatic carbocycles. The summed E-state index contributed by atoms with van der Waals surface area (Å²) < 4.78 is 2.15. The van der Waals surface area contributed by atoms with Crippen LogP contribution in [0.4, 0.5) is 0 Å². The summed E-state index contributed by atoms with van der Waals surface area (Å²) in [4.78, 5) is 4.75. The summed E-state index contributed by atoms with van der Waals surface area (Å²) in [7, 11) is 2.06. The van der Waals surface area contributed by atoms with Gasteiger partial charge in [0.05, 0.1) is 11.0 Å². The molecule has 1 heterocycles. The van der Waals surface area contributed by atoms with E-state index in [1.54, 1.807) is 0 Å². The first-order chi connectivity index (χ1) is 10.1. The van der Waals surface area contributed by atoms with Crippen LogP contribution < -0.4 is 5.73 Å². The third-order valence-corrected chi connectivity index (χ3v) is 4.33. The number of aromatic nitrogens is 2. The van der Waals surface area contributed by atoms with E-state index in [0.717, 1.165) is 29.7 Å². The first kappa shape index (κ1) is 13.8. The summed E-state index contributed by atoms with van der Waals surface area (Å²) in [6.45, 7) is 2.13. The monoisotopic (exact) mass is 279 g/mol. The van der Waals surface area contributed by atoms with Gasteiger partial charge in [0, 0.05) is 19.0 Å². The molecule has 108 valence electrons. The number of hydrogen-bond donors (Lipinski definition) is 1. The van der Waals surface area contributed by atoms with Crippen LogP contribution in [0.1, 0.15) is 24.7 Å². The van der Waals surface area contributed by atoms with E-state index in [9.17, 15) is 0 Å². The fraction of sp³-hybridized carbons (Fsp3) is 0.278. The third kappa shape index (κ3) is 2.45. The molecule has 0 radical (unpaired) electrons. The highest BCUT2D eigenvalue weighted by molar-refractivity contribution is 5.75. The SMILES string of the molecule is CCC(N)(Cc1nc2ccccc2n1C)c1ccccc1. The maximum Gasteiger partial charge on any atom is 0.111 e. The van der Waals surface area contributed by atoms with E-state index in [4.69, 9.17) is 10.7 Å². The number of fused-ring (bicyclic) bond motifs is 1. The number of hydrogen-bond acceptors (Lipinski definition) is 2. The average molecular weight is 279 g/mol. The quantitative estimate of drug-likeness (QED) is 0.795. The van der Waals surface area contributed by atoms with Gasteiger partial charge in [0.25, 0.3) is 0 Å². The number of nitrogens with zero attached hydrogens (tertiary/aromatic N) is 2. The Bertz CT molecular complexity index is 746. The zero-order valence-corrected chi connectivity index (χ0v) is 12.6. The van der Waals surface area contributed by atoms with E-state index < -0.39 is 0 Å². The van der Waals surface area contributed by atoms with Gasteiger partial charge in [-0.2, -0.15) is 0 Å². The highest BCUT2D eigenvalue weighted by atomic mass is 15.1. The highest BCUT2D eigenvalue weighted by Crippen LogP contribution is 2.27. The Morgan fingerprint density at radius 1 is 1.05 bits per heavy atom. The smallest absolute Gasteiger partial charge is 0.111 e. The molecule has 0 spiro atoms. The van der Waals surface area contributed by atoms with Gasteiger partial charge in [0.1, 0.15) is 5.82 Å². The summed E-state index contributed by atoms with van der Waals surface area (Å²) in [6, 6.07) is 18.5. The molecule has 0 aliphatic rings. The van der Waals surface area contributed by atoms with Gasteiger partial charge in [-0.25, -0.2) is 4.98 Å². The van der Waals surface area contributed by atoms with Crippen LogP contribution in [-0.4, -0.2) is 9.55 Å². The lowest BCUT2D eigenvalue weighted by atomic mass is 9.85. The fourth-order valence-electron chi connectivity index (χ4n) is 2.84. The summed E-state index contributed by atoms with van der Waals surface area (Å²) in [5.74, 6) is 1.03. The summed E-state index contributed by atoms with van der Waals surface area (Å²) in [5.41, 5.74) is 9.66. The van der Waals surface area contributed by atoms with E-state index in [0.29, 0.717) is 0 Å². The van der Waals surface area contributed by atoms with Crippen molar-refractivity contribution in [3.8, 4) is 0 Å². The Morgan fingerprint density at radius 2 is 1.71 bits per heavy atom. The average Bonchev–Trinajstić information content (AvgIpc) is 2.84. The molecule has 0 fully saturated rings. The molecule has 3 aromatic rings. The van der Waals surface area contributed by atoms with Crippen molar-refractivity contribution in [2.24, 2.45) is 12.8 Å². The summed E-state index contributed by atoms with van der Waals surface area (Å²) in [5, 5.41) is 0. The lowest BCUT2D eigenvalue weighted by Gasteiger charge is -2.28. The van der Waals surface area contributed by atoms with Crippen molar-refractivity contribution in [3.63, 3.8) is 0 Å². The summed E-state index contributed by atoms with van der Waals surface area (Å²) >= 11 is 0. The predicted octanol–water partition coefficient (Wildman–Crippen LogP) is 3.38. The second-order valence-electron chi connectivity index (χ2n) is 5.63. The molecule has 3 nitrogen and oxygen atoms in total. The molecule has 2 aromatic carbocycles. The van der Waals surface area contributed by atoms with Gasteiger partial charge in [0.2, 0.25) is 0 Å². The fourth-order valence-corrected chi connectivity index (χ4v) is 2.84. The van der Waals surface area contributed by atoms with Crippen molar-refractivity contribution in [1.29, 1.82) is 0 Å². The maximum atomic E-state index is 6.69. The number of para-hydroxylation sites is 2. The maximum absolute atomic E-state index is 6.69. The lowest BCUT2D eigenvalue weighted by molar-refractivity contribution is 0.411. The number of imidazole rings is 1. The minimum Gasteiger partial charge on any atom is -0.331 e. The largest absolute Gasteiger partial charge is 0.331 e. The number of nitrogens with two attached hydrogens (primary N) is 1. The molecule has 2 N–H and O–H groups in total. The highest BCUT2D eigenvalue weighted by Gasteiger charge is 2.27. The van der Waals surface area contributed by atoms with Gasteiger partial charge < -0.3 is 10.3 Å². The normalized spacial score (nSPS) is 14.2. The molecule has 0 saturated heterocycles. The van der Waals surface area contributed by atoms with Gasteiger partial charge in [-0.3, -0.25) is 0 Å². The Kier molecular flexibility index (Phi) is 3.52. The van der Waals surface area contributed by atoms with Crippen molar-refractivity contribution in [2.75, 3.05) is 0 Å². The molecule has 0 amide bonds. The molecule has 21 heavy (non-hydrogen) atoms. The lowest BCUT2D eigenvalue weighted by Crippen LogP contribution is -2.39. The van der Waals surface area contributed by atoms with Crippen molar-refractivity contribution < 1.29 is 0 Å². The summed E-state index contributed by atoms with van der Waals surface area (Å²) in [6.07, 6.45) is 1.61. The van der Waals surface area contributed by atoms with Crippen LogP contribution in [0.15, 0.2) is 54.6 Å². The van der Waals surface area contributed by atoms with Crippen molar-refractivity contribution in [1.82, 2.24) is 9.55 Å². The molecule has 1 atom stereocenters. The van der Waals surface area contributed by atoms with Crippen LogP contribution in [0.2, 0.25) is 0 Å². The van der Waals surface area contributed by atoms with Gasteiger partial charge >= 0.3 is 0 Å². The molecule has 1 aromatic heterocycles. The van der Waals surface area contributed by atoms with E-state index >= 15 is 0 Å². The molecule has 0 bridgehead atoms. The molecule has 3 heteroatoms. The number of rotatable bonds is 4. The first-order valence-electron chi connectivity index (χ1n) is 7.39. The van der Waals surface area contributed by atoms with Gasteiger partial charge in [0.15, 0.2) is 0 Å². The van der Waals surface area contributed by atoms with Gasteiger partial charge in [-0.1, -0.05) is 49.4 Å². The van der Waals surface area contributed by atoms with Crippen molar-refractivity contribution in [2.45, 2.75) is 25.3 Å². The van der Waals surface area contributed by atoms with Crippen LogP contribution >= 0.6 is 0 Å². The Balaban J connectivity index is 2.01. The zero-order valence-electron chi connectivity index (χ0n) is 12.6. The van der Waals surface area contributed by atoms with Crippen LogP contribution in [-0.2, 0) is 19.0 Å². The second-order valence-corrected chi connectivity index (χ2v) is 5.63. The van der Waals surface area contributed by atoms with Crippen LogP contribution in [0, 0.1) is 0 Å². The van der Waals surface area contributed by atoms with Crippen LogP contribution in [0.25, 0.3) is 11.0 Å². The van der Waals surface area contributed by atoms with Crippen molar-refractivity contribution >= 4 is 11.0 Å². The predicted molar refractivity (Wildman–Crippen MR) is 87.0 cm³/mol. The zero-order chi connectivity index (χ0) is 14.9. The molecular formula is C18H21N3. The molecule has 0 aliphatic heterocycles. The first-order valence-corrected chi connectivity index (χ1v) is 7.39. The number of aryl methyl sites for hydroxylation is 1.